The van der Waals surface area contributed by atoms with Crippen molar-refractivity contribution in [1.29, 1.82) is 0 Å². The Morgan fingerprint density at radius 2 is 2.36 bits per heavy atom. The molecule has 0 aliphatic carbocycles. The maximum absolute atomic E-state index is 11.0. The molecule has 1 aliphatic rings. The lowest BCUT2D eigenvalue weighted by Gasteiger charge is -2.10. The Labute approximate surface area is 68.5 Å². The van der Waals surface area contributed by atoms with Crippen LogP contribution < -0.4 is 5.06 Å². The van der Waals surface area contributed by atoms with Gasteiger partial charge in [-0.1, -0.05) is 11.6 Å². The normalized spacial score (nSPS) is 20.4. The standard InChI is InChI=1S/C7H5ClN2O/c8-6-3-5-1-2-10(11)7(5)9-4-6/h1-4,10H. The predicted molar refractivity (Wildman–Crippen MR) is 42.3 cm³/mol. The SMILES string of the molecule is [O-][NH+]1C=Cc2cc(Cl)cnc21. The molecule has 0 fully saturated rings. The van der Waals surface area contributed by atoms with Crippen LogP contribution >= 0.6 is 11.6 Å². The fourth-order valence-corrected chi connectivity index (χ4v) is 1.20. The van der Waals surface area contributed by atoms with E-state index < -0.39 is 0 Å². The van der Waals surface area contributed by atoms with Crippen LogP contribution in [-0.2, 0) is 0 Å². The lowest BCUT2D eigenvalue weighted by molar-refractivity contribution is -0.713. The quantitative estimate of drug-likeness (QED) is 0.581. The van der Waals surface area contributed by atoms with Gasteiger partial charge in [0.1, 0.15) is 6.20 Å². The zero-order chi connectivity index (χ0) is 7.84. The van der Waals surface area contributed by atoms with Gasteiger partial charge in [-0.25, -0.2) is 4.98 Å². The van der Waals surface area contributed by atoms with Crippen molar-refractivity contribution in [3.8, 4) is 0 Å². The molecule has 1 aromatic rings. The number of rotatable bonds is 0. The van der Waals surface area contributed by atoms with E-state index in [4.69, 9.17) is 11.6 Å². The first-order valence-corrected chi connectivity index (χ1v) is 3.53. The van der Waals surface area contributed by atoms with E-state index in [0.29, 0.717) is 10.8 Å². The Morgan fingerprint density at radius 3 is 3.18 bits per heavy atom. The highest BCUT2D eigenvalue weighted by Gasteiger charge is 2.14. The highest BCUT2D eigenvalue weighted by molar-refractivity contribution is 6.30. The second-order valence-electron chi connectivity index (χ2n) is 2.29. The fourth-order valence-electron chi connectivity index (χ4n) is 1.03. The summed E-state index contributed by atoms with van der Waals surface area (Å²) in [6.45, 7) is 0. The minimum absolute atomic E-state index is 0.0448. The Hall–Kier alpha value is -0.900. The van der Waals surface area contributed by atoms with Gasteiger partial charge in [0.15, 0.2) is 0 Å². The lowest BCUT2D eigenvalue weighted by Crippen LogP contribution is -2.96. The molecule has 0 spiro atoms. The van der Waals surface area contributed by atoms with Crippen molar-refractivity contribution in [1.82, 2.24) is 4.98 Å². The molecule has 2 rings (SSSR count). The summed E-state index contributed by atoms with van der Waals surface area (Å²) >= 11 is 5.66. The first kappa shape index (κ1) is 6.79. The summed E-state index contributed by atoms with van der Waals surface area (Å²) in [6.07, 6.45) is 4.69. The van der Waals surface area contributed by atoms with Crippen LogP contribution in [0, 0.1) is 5.21 Å². The second-order valence-corrected chi connectivity index (χ2v) is 2.73. The van der Waals surface area contributed by atoms with Gasteiger partial charge < -0.3 is 5.21 Å². The first-order valence-electron chi connectivity index (χ1n) is 3.15. The van der Waals surface area contributed by atoms with E-state index in [1.165, 1.54) is 12.4 Å². The van der Waals surface area contributed by atoms with Crippen LogP contribution in [0.4, 0.5) is 5.82 Å². The smallest absolute Gasteiger partial charge is 0.238 e. The molecule has 2 heterocycles. The largest absolute Gasteiger partial charge is 0.623 e. The van der Waals surface area contributed by atoms with Crippen molar-refractivity contribution >= 4 is 23.5 Å². The van der Waals surface area contributed by atoms with Gasteiger partial charge in [0, 0.05) is 6.08 Å². The molecule has 56 valence electrons. The molecule has 11 heavy (non-hydrogen) atoms. The number of aromatic nitrogens is 1. The van der Waals surface area contributed by atoms with Crippen molar-refractivity contribution in [3.05, 3.63) is 34.3 Å². The molecular formula is C7H5ClN2O. The van der Waals surface area contributed by atoms with Crippen LogP contribution in [0.25, 0.3) is 6.08 Å². The van der Waals surface area contributed by atoms with Gasteiger partial charge in [-0.2, -0.15) is 0 Å². The number of fused-ring (bicyclic) bond motifs is 1. The number of halogens is 1. The van der Waals surface area contributed by atoms with Gasteiger partial charge >= 0.3 is 0 Å². The van der Waals surface area contributed by atoms with Crippen LogP contribution in [0.5, 0.6) is 0 Å². The van der Waals surface area contributed by atoms with Crippen LogP contribution in [0.1, 0.15) is 5.56 Å². The summed E-state index contributed by atoms with van der Waals surface area (Å²) in [6, 6.07) is 1.73. The van der Waals surface area contributed by atoms with E-state index in [1.807, 2.05) is 0 Å². The predicted octanol–water partition coefficient (Wildman–Crippen LogP) is 0.734. The van der Waals surface area contributed by atoms with Crippen molar-refractivity contribution < 1.29 is 5.06 Å². The minimum Gasteiger partial charge on any atom is -0.623 e. The summed E-state index contributed by atoms with van der Waals surface area (Å²) in [7, 11) is 0. The highest BCUT2D eigenvalue weighted by atomic mass is 35.5. The van der Waals surface area contributed by atoms with E-state index in [9.17, 15) is 5.21 Å². The van der Waals surface area contributed by atoms with Crippen LogP contribution in [0.2, 0.25) is 5.02 Å². The van der Waals surface area contributed by atoms with Gasteiger partial charge in [0.25, 0.3) is 0 Å². The Bertz CT molecular complexity index is 324. The molecular weight excluding hydrogens is 164 g/mol. The van der Waals surface area contributed by atoms with Gasteiger partial charge in [-0.3, -0.25) is 5.06 Å². The molecule has 0 saturated heterocycles. The van der Waals surface area contributed by atoms with E-state index in [1.54, 1.807) is 12.1 Å². The summed E-state index contributed by atoms with van der Waals surface area (Å²) in [4.78, 5) is 3.90. The third-order valence-corrected chi connectivity index (χ3v) is 1.74. The number of pyridine rings is 1. The van der Waals surface area contributed by atoms with E-state index in [2.05, 4.69) is 4.98 Å². The zero-order valence-corrected chi connectivity index (χ0v) is 6.30. The van der Waals surface area contributed by atoms with Gasteiger partial charge in [0.05, 0.1) is 16.8 Å². The summed E-state index contributed by atoms with van der Waals surface area (Å²) in [5, 5.41) is 11.5. The van der Waals surface area contributed by atoms with Crippen LogP contribution in [0.15, 0.2) is 18.5 Å². The molecule has 0 aromatic carbocycles. The molecule has 1 aromatic heterocycles. The molecule has 0 saturated carbocycles. The molecule has 1 aliphatic heterocycles. The Morgan fingerprint density at radius 1 is 1.55 bits per heavy atom. The molecule has 4 heteroatoms. The number of hydroxylamine groups is 1. The second kappa shape index (κ2) is 2.30. The number of hydrogen-bond acceptors (Lipinski definition) is 2. The van der Waals surface area contributed by atoms with Crippen molar-refractivity contribution in [2.45, 2.75) is 0 Å². The molecule has 0 radical (unpaired) electrons. The van der Waals surface area contributed by atoms with Crippen molar-refractivity contribution in [3.63, 3.8) is 0 Å². The summed E-state index contributed by atoms with van der Waals surface area (Å²) in [5.74, 6) is 0.495. The third-order valence-electron chi connectivity index (χ3n) is 1.53. The van der Waals surface area contributed by atoms with E-state index in [-0.39, 0.29) is 5.06 Å². The first-order chi connectivity index (χ1) is 5.27. The molecule has 1 unspecified atom stereocenters. The number of hydrogen-bond donors (Lipinski definition) is 1. The Balaban J connectivity index is 2.58. The molecule has 1 atom stereocenters. The molecule has 3 nitrogen and oxygen atoms in total. The average molecular weight is 169 g/mol. The van der Waals surface area contributed by atoms with Crippen LogP contribution in [-0.4, -0.2) is 4.98 Å². The molecule has 0 amide bonds. The monoisotopic (exact) mass is 168 g/mol. The molecule has 1 N–H and O–H groups in total. The summed E-state index contributed by atoms with van der Waals surface area (Å²) in [5.41, 5.74) is 0.808. The van der Waals surface area contributed by atoms with Crippen LogP contribution in [0.3, 0.4) is 0 Å². The van der Waals surface area contributed by atoms with Gasteiger partial charge in [-0.05, 0) is 6.07 Å². The minimum atomic E-state index is -0.0448. The van der Waals surface area contributed by atoms with Crippen molar-refractivity contribution in [2.75, 3.05) is 0 Å². The number of nitrogens with zero attached hydrogens (tertiary/aromatic N) is 1. The summed E-state index contributed by atoms with van der Waals surface area (Å²) < 4.78 is 0. The van der Waals surface area contributed by atoms with E-state index >= 15 is 0 Å². The van der Waals surface area contributed by atoms with E-state index in [0.717, 1.165) is 5.56 Å². The fraction of sp³-hybridized carbons (Fsp3) is 0. The maximum atomic E-state index is 11.0. The number of nitrogens with one attached hydrogen (secondary N) is 1. The van der Waals surface area contributed by atoms with Gasteiger partial charge in [-0.15, -0.1) is 0 Å². The Kier molecular flexibility index (Phi) is 1.42. The topological polar surface area (TPSA) is 40.4 Å². The van der Waals surface area contributed by atoms with Crippen molar-refractivity contribution in [2.24, 2.45) is 0 Å². The van der Waals surface area contributed by atoms with Gasteiger partial charge in [0.2, 0.25) is 5.82 Å². The molecule has 0 bridgehead atoms. The zero-order valence-electron chi connectivity index (χ0n) is 5.54. The third kappa shape index (κ3) is 1.03. The maximum Gasteiger partial charge on any atom is 0.238 e. The lowest BCUT2D eigenvalue weighted by atomic mass is 10.3. The highest BCUT2D eigenvalue weighted by Crippen LogP contribution is 2.18. The number of quaternary nitrogens is 1. The average Bonchev–Trinajstić information content (AvgIpc) is 2.32.